The van der Waals surface area contributed by atoms with Crippen molar-refractivity contribution in [3.05, 3.63) is 53.1 Å². The maximum absolute atomic E-state index is 12.2. The third kappa shape index (κ3) is 3.65. The number of thiol groups is 1. The highest BCUT2D eigenvalue weighted by Crippen LogP contribution is 2.36. The first-order valence-electron chi connectivity index (χ1n) is 6.45. The van der Waals surface area contributed by atoms with Gasteiger partial charge in [-0.3, -0.25) is 0 Å². The molecule has 0 aliphatic rings. The van der Waals surface area contributed by atoms with Crippen molar-refractivity contribution in [3.8, 4) is 5.75 Å². The molecule has 0 heterocycles. The number of aliphatic hydroxyl groups is 1. The summed E-state index contributed by atoms with van der Waals surface area (Å²) in [5.41, 5.74) is 1.16. The van der Waals surface area contributed by atoms with Gasteiger partial charge in [0.15, 0.2) is 0 Å². The van der Waals surface area contributed by atoms with Crippen LogP contribution in [-0.2, 0) is 0 Å². The van der Waals surface area contributed by atoms with Crippen LogP contribution in [0.2, 0.25) is 5.02 Å². The number of aromatic hydroxyl groups is 1. The standard InChI is InChI=1S/C15H15ClN2O3S/c1-9(19)12-7-11(8-13(16)14(12)20)18(22)15(21)17-10-5-3-2-4-6-10/h2-9,19-20,22H,1H3,(H,17,21). The van der Waals surface area contributed by atoms with Gasteiger partial charge in [-0.25, -0.2) is 9.10 Å². The van der Waals surface area contributed by atoms with E-state index < -0.39 is 12.1 Å². The smallest absolute Gasteiger partial charge is 0.336 e. The average molecular weight is 339 g/mol. The van der Waals surface area contributed by atoms with Gasteiger partial charge in [0.2, 0.25) is 0 Å². The summed E-state index contributed by atoms with van der Waals surface area (Å²) in [5, 5.41) is 22.2. The zero-order valence-corrected chi connectivity index (χ0v) is 13.3. The minimum Gasteiger partial charge on any atom is -0.506 e. The maximum atomic E-state index is 12.2. The Kier molecular flexibility index (Phi) is 5.18. The summed E-state index contributed by atoms with van der Waals surface area (Å²) in [6, 6.07) is 11.2. The summed E-state index contributed by atoms with van der Waals surface area (Å²) in [6.07, 6.45) is -0.934. The van der Waals surface area contributed by atoms with Crippen LogP contribution < -0.4 is 9.62 Å². The molecule has 22 heavy (non-hydrogen) atoms. The molecule has 0 bridgehead atoms. The Labute approximate surface area is 138 Å². The van der Waals surface area contributed by atoms with Gasteiger partial charge in [-0.05, 0) is 31.2 Å². The number of amides is 2. The molecular formula is C15H15ClN2O3S. The molecule has 2 amide bonds. The van der Waals surface area contributed by atoms with Gasteiger partial charge in [0.25, 0.3) is 0 Å². The van der Waals surface area contributed by atoms with Crippen molar-refractivity contribution in [3.63, 3.8) is 0 Å². The van der Waals surface area contributed by atoms with E-state index in [-0.39, 0.29) is 16.3 Å². The molecule has 1 unspecified atom stereocenters. The Bertz CT molecular complexity index is 680. The second-order valence-corrected chi connectivity index (χ2v) is 5.46. The van der Waals surface area contributed by atoms with E-state index >= 15 is 0 Å². The Morgan fingerprint density at radius 3 is 2.55 bits per heavy atom. The lowest BCUT2D eigenvalue weighted by Gasteiger charge is -2.19. The minimum absolute atomic E-state index is 0.0277. The predicted octanol–water partition coefficient (Wildman–Crippen LogP) is 3.98. The maximum Gasteiger partial charge on any atom is 0.336 e. The van der Waals surface area contributed by atoms with E-state index in [1.54, 1.807) is 24.3 Å². The largest absolute Gasteiger partial charge is 0.506 e. The highest BCUT2D eigenvalue weighted by Gasteiger charge is 2.18. The van der Waals surface area contributed by atoms with Crippen LogP contribution in [0.15, 0.2) is 42.5 Å². The number of hydrogen-bond acceptors (Lipinski definition) is 4. The molecule has 0 saturated carbocycles. The second kappa shape index (κ2) is 6.91. The minimum atomic E-state index is -0.934. The quantitative estimate of drug-likeness (QED) is 0.639. The molecule has 3 N–H and O–H groups in total. The van der Waals surface area contributed by atoms with Crippen LogP contribution in [0, 0.1) is 0 Å². The van der Waals surface area contributed by atoms with Crippen LogP contribution in [-0.4, -0.2) is 16.2 Å². The number of phenolic OH excluding ortho intramolecular Hbond substituents is 1. The van der Waals surface area contributed by atoms with E-state index in [4.69, 9.17) is 11.6 Å². The molecule has 1 atom stereocenters. The monoisotopic (exact) mass is 338 g/mol. The summed E-state index contributed by atoms with van der Waals surface area (Å²) < 4.78 is 1.05. The van der Waals surface area contributed by atoms with E-state index in [1.165, 1.54) is 19.1 Å². The number of benzene rings is 2. The number of nitrogens with one attached hydrogen (secondary N) is 1. The highest BCUT2D eigenvalue weighted by molar-refractivity contribution is 7.82. The molecule has 2 rings (SSSR count). The number of para-hydroxylation sites is 1. The first-order chi connectivity index (χ1) is 10.4. The Morgan fingerprint density at radius 2 is 1.95 bits per heavy atom. The number of carbonyl (C=O) groups excluding carboxylic acids is 1. The molecule has 0 spiro atoms. The predicted molar refractivity (Wildman–Crippen MR) is 90.7 cm³/mol. The zero-order valence-electron chi connectivity index (χ0n) is 11.7. The highest BCUT2D eigenvalue weighted by atomic mass is 35.5. The zero-order chi connectivity index (χ0) is 16.3. The number of aliphatic hydroxyl groups excluding tert-OH is 1. The van der Waals surface area contributed by atoms with E-state index in [0.717, 1.165) is 4.31 Å². The van der Waals surface area contributed by atoms with Gasteiger partial charge < -0.3 is 15.5 Å². The van der Waals surface area contributed by atoms with E-state index in [2.05, 4.69) is 18.1 Å². The Hall–Kier alpha value is -1.89. The number of rotatable bonds is 3. The fourth-order valence-corrected chi connectivity index (χ4v) is 2.25. The number of hydrogen-bond donors (Lipinski definition) is 4. The third-order valence-corrected chi connectivity index (χ3v) is 3.69. The third-order valence-electron chi connectivity index (χ3n) is 2.99. The van der Waals surface area contributed by atoms with Crippen LogP contribution in [0.25, 0.3) is 0 Å². The van der Waals surface area contributed by atoms with Crippen LogP contribution in [0.1, 0.15) is 18.6 Å². The molecule has 0 aliphatic carbocycles. The lowest BCUT2D eigenvalue weighted by atomic mass is 10.1. The number of phenols is 1. The summed E-state index contributed by atoms with van der Waals surface area (Å²) in [6.45, 7) is 1.49. The number of carbonyl (C=O) groups is 1. The molecule has 7 heteroatoms. The van der Waals surface area contributed by atoms with E-state index in [0.29, 0.717) is 11.4 Å². The summed E-state index contributed by atoms with van der Waals surface area (Å²) >= 11 is 10.1. The van der Waals surface area contributed by atoms with Crippen LogP contribution in [0.5, 0.6) is 5.75 Å². The number of nitrogens with zero attached hydrogens (tertiary/aromatic N) is 1. The summed E-state index contributed by atoms with van der Waals surface area (Å²) in [5.74, 6) is -0.217. The van der Waals surface area contributed by atoms with Crippen LogP contribution in [0.4, 0.5) is 16.2 Å². The van der Waals surface area contributed by atoms with Crippen molar-refractivity contribution in [1.29, 1.82) is 0 Å². The van der Waals surface area contributed by atoms with Gasteiger partial charge in [0.1, 0.15) is 5.75 Å². The SMILES string of the molecule is CC(O)c1cc(N(S)C(=O)Nc2ccccc2)cc(Cl)c1O. The van der Waals surface area contributed by atoms with Crippen molar-refractivity contribution >= 4 is 41.8 Å². The summed E-state index contributed by atoms with van der Waals surface area (Å²) in [7, 11) is 0. The van der Waals surface area contributed by atoms with Gasteiger partial charge >= 0.3 is 6.03 Å². The molecule has 2 aromatic rings. The van der Waals surface area contributed by atoms with E-state index in [9.17, 15) is 15.0 Å². The molecule has 0 fully saturated rings. The van der Waals surface area contributed by atoms with Crippen molar-refractivity contribution in [2.24, 2.45) is 0 Å². The summed E-state index contributed by atoms with van der Waals surface area (Å²) in [4.78, 5) is 12.2. The fourth-order valence-electron chi connectivity index (χ4n) is 1.86. The van der Waals surface area contributed by atoms with E-state index in [1.807, 2.05) is 6.07 Å². The fraction of sp³-hybridized carbons (Fsp3) is 0.133. The molecule has 0 saturated heterocycles. The first-order valence-corrected chi connectivity index (χ1v) is 7.23. The van der Waals surface area contributed by atoms with Gasteiger partial charge in [0.05, 0.1) is 16.8 Å². The normalized spacial score (nSPS) is 11.8. The molecule has 0 radical (unpaired) electrons. The van der Waals surface area contributed by atoms with Gasteiger partial charge in [-0.1, -0.05) is 42.6 Å². The lowest BCUT2D eigenvalue weighted by Crippen LogP contribution is -2.26. The molecule has 116 valence electrons. The molecule has 2 aromatic carbocycles. The molecule has 5 nitrogen and oxygen atoms in total. The molecular weight excluding hydrogens is 324 g/mol. The van der Waals surface area contributed by atoms with Crippen molar-refractivity contribution in [2.45, 2.75) is 13.0 Å². The van der Waals surface area contributed by atoms with Crippen molar-refractivity contribution < 1.29 is 15.0 Å². The van der Waals surface area contributed by atoms with Gasteiger partial charge in [-0.15, -0.1) is 0 Å². The van der Waals surface area contributed by atoms with Crippen LogP contribution in [0.3, 0.4) is 0 Å². The van der Waals surface area contributed by atoms with Gasteiger partial charge in [0, 0.05) is 11.3 Å². The first kappa shape index (κ1) is 16.5. The van der Waals surface area contributed by atoms with Crippen molar-refractivity contribution in [2.75, 3.05) is 9.62 Å². The molecule has 0 aliphatic heterocycles. The number of halogens is 1. The number of anilines is 2. The number of urea groups is 1. The topological polar surface area (TPSA) is 72.8 Å². The second-order valence-electron chi connectivity index (χ2n) is 4.65. The van der Waals surface area contributed by atoms with Crippen LogP contribution >= 0.6 is 24.4 Å². The van der Waals surface area contributed by atoms with Crippen molar-refractivity contribution in [1.82, 2.24) is 0 Å². The Balaban J connectivity index is 2.25. The van der Waals surface area contributed by atoms with Gasteiger partial charge in [-0.2, -0.15) is 0 Å². The molecule has 0 aromatic heterocycles. The average Bonchev–Trinajstić information content (AvgIpc) is 2.49. The lowest BCUT2D eigenvalue weighted by molar-refractivity contribution is 0.195. The Morgan fingerprint density at radius 1 is 1.32 bits per heavy atom.